The summed E-state index contributed by atoms with van der Waals surface area (Å²) in [6, 6.07) is 13.9. The van der Waals surface area contributed by atoms with Crippen molar-refractivity contribution in [3.8, 4) is 17.2 Å². The third-order valence-corrected chi connectivity index (χ3v) is 3.04. The van der Waals surface area contributed by atoms with E-state index in [0.717, 1.165) is 29.2 Å². The lowest BCUT2D eigenvalue weighted by atomic mass is 10.0. The smallest absolute Gasteiger partial charge is 0.164 e. The Morgan fingerprint density at radius 3 is 2.11 bits per heavy atom. The quantitative estimate of drug-likeness (QED) is 0.823. The van der Waals surface area contributed by atoms with Gasteiger partial charge in [-0.25, -0.2) is 0 Å². The van der Waals surface area contributed by atoms with E-state index >= 15 is 0 Å². The molecule has 0 amide bonds. The molecule has 0 spiro atoms. The monoisotopic (exact) mass is 258 g/mol. The summed E-state index contributed by atoms with van der Waals surface area (Å²) < 4.78 is 15.9. The Morgan fingerprint density at radius 1 is 0.789 bits per heavy atom. The van der Waals surface area contributed by atoms with Crippen LogP contribution in [0.4, 0.5) is 0 Å². The molecule has 0 saturated heterocycles. The maximum atomic E-state index is 5.43. The van der Waals surface area contributed by atoms with Crippen molar-refractivity contribution in [2.45, 2.75) is 6.42 Å². The van der Waals surface area contributed by atoms with Crippen LogP contribution in [0.1, 0.15) is 11.1 Å². The lowest BCUT2D eigenvalue weighted by Gasteiger charge is -2.12. The summed E-state index contributed by atoms with van der Waals surface area (Å²) in [6.07, 6.45) is 0.796. The number of rotatable bonds is 5. The number of hydrogen-bond acceptors (Lipinski definition) is 3. The van der Waals surface area contributed by atoms with Gasteiger partial charge in [0.25, 0.3) is 0 Å². The van der Waals surface area contributed by atoms with Crippen LogP contribution in [0, 0.1) is 0 Å². The molecule has 0 aliphatic rings. The van der Waals surface area contributed by atoms with Gasteiger partial charge in [0.2, 0.25) is 0 Å². The molecule has 0 aromatic heterocycles. The van der Waals surface area contributed by atoms with Crippen molar-refractivity contribution in [2.75, 3.05) is 21.3 Å². The fourth-order valence-corrected chi connectivity index (χ4v) is 2.06. The molecule has 0 N–H and O–H groups in total. The minimum Gasteiger partial charge on any atom is -0.497 e. The third kappa shape index (κ3) is 2.99. The number of para-hydroxylation sites is 1. The van der Waals surface area contributed by atoms with E-state index in [1.807, 2.05) is 30.3 Å². The highest BCUT2D eigenvalue weighted by atomic mass is 16.5. The molecule has 2 aromatic rings. The Balaban J connectivity index is 2.26. The van der Waals surface area contributed by atoms with Crippen molar-refractivity contribution in [2.24, 2.45) is 0 Å². The number of ether oxygens (including phenoxy) is 3. The first kappa shape index (κ1) is 13.3. The van der Waals surface area contributed by atoms with Crippen LogP contribution in [0.2, 0.25) is 0 Å². The molecule has 0 radical (unpaired) electrons. The van der Waals surface area contributed by atoms with Crippen molar-refractivity contribution in [3.05, 3.63) is 53.6 Å². The highest BCUT2D eigenvalue weighted by Gasteiger charge is 2.09. The molecular formula is C16H18O3. The third-order valence-electron chi connectivity index (χ3n) is 3.04. The summed E-state index contributed by atoms with van der Waals surface area (Å²) in [4.78, 5) is 0. The first-order chi connectivity index (χ1) is 9.28. The summed E-state index contributed by atoms with van der Waals surface area (Å²) in [5.74, 6) is 2.41. The number of hydrogen-bond donors (Lipinski definition) is 0. The van der Waals surface area contributed by atoms with Crippen LogP contribution in [-0.4, -0.2) is 21.3 Å². The average Bonchev–Trinajstić information content (AvgIpc) is 2.47. The van der Waals surface area contributed by atoms with Gasteiger partial charge in [-0.05, 0) is 23.8 Å². The van der Waals surface area contributed by atoms with Crippen molar-refractivity contribution in [1.82, 2.24) is 0 Å². The first-order valence-electron chi connectivity index (χ1n) is 6.11. The minimum atomic E-state index is 0.758. The fraction of sp³-hybridized carbons (Fsp3) is 0.250. The largest absolute Gasteiger partial charge is 0.497 e. The molecule has 3 heteroatoms. The van der Waals surface area contributed by atoms with Gasteiger partial charge in [-0.2, -0.15) is 0 Å². The van der Waals surface area contributed by atoms with E-state index in [2.05, 4.69) is 12.1 Å². The molecule has 3 nitrogen and oxygen atoms in total. The predicted octanol–water partition coefficient (Wildman–Crippen LogP) is 3.30. The average molecular weight is 258 g/mol. The van der Waals surface area contributed by atoms with E-state index in [-0.39, 0.29) is 0 Å². The molecule has 0 bridgehead atoms. The minimum absolute atomic E-state index is 0.758. The maximum absolute atomic E-state index is 5.43. The van der Waals surface area contributed by atoms with Gasteiger partial charge < -0.3 is 14.2 Å². The van der Waals surface area contributed by atoms with Crippen molar-refractivity contribution in [3.63, 3.8) is 0 Å². The summed E-state index contributed by atoms with van der Waals surface area (Å²) >= 11 is 0. The number of methoxy groups -OCH3 is 3. The molecule has 0 fully saturated rings. The van der Waals surface area contributed by atoms with Gasteiger partial charge in [0.15, 0.2) is 11.5 Å². The lowest BCUT2D eigenvalue weighted by Crippen LogP contribution is -1.97. The zero-order valence-electron chi connectivity index (χ0n) is 11.5. The standard InChI is InChI=1S/C16H18O3/c1-17-14-9-7-12(8-10-14)11-13-5-4-6-15(18-2)16(13)19-3/h4-10H,11H2,1-3H3. The van der Waals surface area contributed by atoms with Crippen LogP contribution in [0.15, 0.2) is 42.5 Å². The molecule has 0 unspecified atom stereocenters. The molecule has 0 heterocycles. The molecule has 2 aromatic carbocycles. The molecule has 2 rings (SSSR count). The summed E-state index contributed by atoms with van der Waals surface area (Å²) in [5, 5.41) is 0. The molecular weight excluding hydrogens is 240 g/mol. The second kappa shape index (κ2) is 6.14. The van der Waals surface area contributed by atoms with E-state index in [0.29, 0.717) is 0 Å². The fourth-order valence-electron chi connectivity index (χ4n) is 2.06. The van der Waals surface area contributed by atoms with Crippen LogP contribution in [0.25, 0.3) is 0 Å². The maximum Gasteiger partial charge on any atom is 0.164 e. The highest BCUT2D eigenvalue weighted by molar-refractivity contribution is 5.48. The van der Waals surface area contributed by atoms with E-state index < -0.39 is 0 Å². The zero-order valence-corrected chi connectivity index (χ0v) is 11.5. The van der Waals surface area contributed by atoms with E-state index in [4.69, 9.17) is 14.2 Å². The van der Waals surface area contributed by atoms with Gasteiger partial charge in [0, 0.05) is 12.0 Å². The van der Waals surface area contributed by atoms with Crippen molar-refractivity contribution in [1.29, 1.82) is 0 Å². The van der Waals surface area contributed by atoms with Crippen molar-refractivity contribution < 1.29 is 14.2 Å². The van der Waals surface area contributed by atoms with Crippen LogP contribution in [0.3, 0.4) is 0 Å². The van der Waals surface area contributed by atoms with E-state index in [9.17, 15) is 0 Å². The summed E-state index contributed by atoms with van der Waals surface area (Å²) in [5.41, 5.74) is 2.30. The first-order valence-corrected chi connectivity index (χ1v) is 6.11. The Bertz CT molecular complexity index is 532. The Hall–Kier alpha value is -2.16. The van der Waals surface area contributed by atoms with E-state index in [1.165, 1.54) is 5.56 Å². The SMILES string of the molecule is COc1ccc(Cc2cccc(OC)c2OC)cc1. The van der Waals surface area contributed by atoms with Crippen LogP contribution in [0.5, 0.6) is 17.2 Å². The zero-order chi connectivity index (χ0) is 13.7. The Kier molecular flexibility index (Phi) is 4.29. The van der Waals surface area contributed by atoms with E-state index in [1.54, 1.807) is 21.3 Å². The van der Waals surface area contributed by atoms with Gasteiger partial charge in [0.05, 0.1) is 21.3 Å². The molecule has 100 valence electrons. The molecule has 0 saturated carbocycles. The Morgan fingerprint density at radius 2 is 1.53 bits per heavy atom. The van der Waals surface area contributed by atoms with Crippen molar-refractivity contribution >= 4 is 0 Å². The number of benzene rings is 2. The molecule has 0 aliphatic carbocycles. The normalized spacial score (nSPS) is 10.1. The van der Waals surface area contributed by atoms with Crippen LogP contribution < -0.4 is 14.2 Å². The molecule has 19 heavy (non-hydrogen) atoms. The second-order valence-electron chi connectivity index (χ2n) is 4.18. The van der Waals surface area contributed by atoms with Gasteiger partial charge in [-0.3, -0.25) is 0 Å². The Labute approximate surface area is 113 Å². The predicted molar refractivity (Wildman–Crippen MR) is 75.3 cm³/mol. The van der Waals surface area contributed by atoms with Gasteiger partial charge in [-0.1, -0.05) is 24.3 Å². The van der Waals surface area contributed by atoms with Gasteiger partial charge >= 0.3 is 0 Å². The second-order valence-corrected chi connectivity index (χ2v) is 4.18. The lowest BCUT2D eigenvalue weighted by molar-refractivity contribution is 0.352. The van der Waals surface area contributed by atoms with Gasteiger partial charge in [-0.15, -0.1) is 0 Å². The topological polar surface area (TPSA) is 27.7 Å². The van der Waals surface area contributed by atoms with Crippen LogP contribution in [-0.2, 0) is 6.42 Å². The van der Waals surface area contributed by atoms with Gasteiger partial charge in [0.1, 0.15) is 5.75 Å². The molecule has 0 atom stereocenters. The molecule has 0 aliphatic heterocycles. The summed E-state index contributed by atoms with van der Waals surface area (Å²) in [7, 11) is 4.98. The highest BCUT2D eigenvalue weighted by Crippen LogP contribution is 2.32. The van der Waals surface area contributed by atoms with Crippen LogP contribution >= 0.6 is 0 Å². The summed E-state index contributed by atoms with van der Waals surface area (Å²) in [6.45, 7) is 0.